The lowest BCUT2D eigenvalue weighted by Gasteiger charge is -2.61. The number of ether oxygens (including phenoxy) is 1. The fraction of sp³-hybridized carbons (Fsp3) is 0.812. The molecule has 4 heterocycles. The summed E-state index contributed by atoms with van der Waals surface area (Å²) in [6.07, 6.45) is -0.828. The average Bonchev–Trinajstić information content (AvgIpc) is 2.80. The fourth-order valence-electron chi connectivity index (χ4n) is 4.53. The van der Waals surface area contributed by atoms with Crippen LogP contribution in [0.4, 0.5) is 8.78 Å². The Morgan fingerprint density at radius 1 is 1.19 bits per heavy atom. The van der Waals surface area contributed by atoms with Crippen molar-refractivity contribution < 1.29 is 21.9 Å². The van der Waals surface area contributed by atoms with E-state index in [1.165, 1.54) is 18.3 Å². The van der Waals surface area contributed by atoms with Gasteiger partial charge in [-0.25, -0.2) is 17.2 Å². The lowest BCUT2D eigenvalue weighted by molar-refractivity contribution is -0.116. The summed E-state index contributed by atoms with van der Waals surface area (Å²) in [5.41, 5.74) is -0.444. The van der Waals surface area contributed by atoms with Crippen LogP contribution in [-0.2, 0) is 21.8 Å². The molecule has 146 valence electrons. The number of alkyl halides is 2. The van der Waals surface area contributed by atoms with Crippen molar-refractivity contribution in [1.29, 1.82) is 0 Å². The van der Waals surface area contributed by atoms with Crippen LogP contribution in [0, 0.1) is 12.3 Å². The van der Waals surface area contributed by atoms with Gasteiger partial charge in [-0.2, -0.15) is 9.40 Å². The van der Waals surface area contributed by atoms with Crippen LogP contribution >= 0.6 is 0 Å². The topological polar surface area (TPSA) is 67.7 Å². The van der Waals surface area contributed by atoms with Crippen molar-refractivity contribution in [2.24, 2.45) is 12.5 Å². The highest BCUT2D eigenvalue weighted by Crippen LogP contribution is 2.44. The van der Waals surface area contributed by atoms with Gasteiger partial charge >= 0.3 is 0 Å². The van der Waals surface area contributed by atoms with Gasteiger partial charge in [0.2, 0.25) is 0 Å². The van der Waals surface area contributed by atoms with Crippen molar-refractivity contribution in [3.05, 3.63) is 11.3 Å². The second kappa shape index (κ2) is 6.22. The second-order valence-electron chi connectivity index (χ2n) is 7.75. The Balaban J connectivity index is 1.45. The lowest BCUT2D eigenvalue weighted by Crippen LogP contribution is -2.74. The van der Waals surface area contributed by atoms with Crippen molar-refractivity contribution in [3.8, 4) is 0 Å². The number of aryl methyl sites for hydroxylation is 2. The SMILES string of the molecule is Cc1nn(C)c(S(=O)(=O)N2CC3(CN(C4CCOCC4)C3)C2)c1C(F)F. The number of aromatic nitrogens is 2. The predicted molar refractivity (Wildman–Crippen MR) is 89.5 cm³/mol. The molecule has 3 saturated heterocycles. The molecule has 1 spiro atoms. The Morgan fingerprint density at radius 2 is 1.81 bits per heavy atom. The molecule has 0 atom stereocenters. The maximum atomic E-state index is 13.4. The molecule has 7 nitrogen and oxygen atoms in total. The summed E-state index contributed by atoms with van der Waals surface area (Å²) in [4.78, 5) is 2.39. The highest BCUT2D eigenvalue weighted by Gasteiger charge is 2.57. The fourth-order valence-corrected chi connectivity index (χ4v) is 6.55. The van der Waals surface area contributed by atoms with Gasteiger partial charge in [-0.05, 0) is 19.8 Å². The Labute approximate surface area is 151 Å². The summed E-state index contributed by atoms with van der Waals surface area (Å²) in [6.45, 7) is 5.50. The summed E-state index contributed by atoms with van der Waals surface area (Å²) < 4.78 is 60.2. The summed E-state index contributed by atoms with van der Waals surface area (Å²) in [5.74, 6) is 0. The van der Waals surface area contributed by atoms with E-state index in [4.69, 9.17) is 4.74 Å². The first-order chi connectivity index (χ1) is 12.2. The normalized spacial score (nSPS) is 24.8. The van der Waals surface area contributed by atoms with Crippen molar-refractivity contribution in [2.75, 3.05) is 39.4 Å². The first-order valence-corrected chi connectivity index (χ1v) is 10.3. The first-order valence-electron chi connectivity index (χ1n) is 8.87. The molecule has 0 aliphatic carbocycles. The summed E-state index contributed by atoms with van der Waals surface area (Å²) in [5, 5.41) is 3.52. The number of halogens is 2. The van der Waals surface area contributed by atoms with Crippen molar-refractivity contribution in [1.82, 2.24) is 19.0 Å². The van der Waals surface area contributed by atoms with Gasteiger partial charge in [-0.1, -0.05) is 0 Å². The average molecular weight is 390 g/mol. The van der Waals surface area contributed by atoms with Crippen LogP contribution in [0.5, 0.6) is 0 Å². The van der Waals surface area contributed by atoms with Gasteiger partial charge in [0.05, 0.1) is 11.3 Å². The van der Waals surface area contributed by atoms with E-state index in [-0.39, 0.29) is 16.1 Å². The van der Waals surface area contributed by atoms with Crippen molar-refractivity contribution >= 4 is 10.0 Å². The number of likely N-dealkylation sites (tertiary alicyclic amines) is 1. The molecule has 3 fully saturated rings. The van der Waals surface area contributed by atoms with Gasteiger partial charge in [0.1, 0.15) is 0 Å². The predicted octanol–water partition coefficient (Wildman–Crippen LogP) is 1.15. The number of sulfonamides is 1. The molecule has 26 heavy (non-hydrogen) atoms. The van der Waals surface area contributed by atoms with Gasteiger partial charge in [0, 0.05) is 57.9 Å². The molecule has 4 rings (SSSR count). The number of hydrogen-bond donors (Lipinski definition) is 0. The van der Waals surface area contributed by atoms with Crippen LogP contribution in [0.2, 0.25) is 0 Å². The molecule has 0 N–H and O–H groups in total. The second-order valence-corrected chi connectivity index (χ2v) is 9.60. The monoisotopic (exact) mass is 390 g/mol. The van der Waals surface area contributed by atoms with Crippen LogP contribution in [0.15, 0.2) is 5.03 Å². The molecular weight excluding hydrogens is 366 g/mol. The molecule has 3 aliphatic rings. The van der Waals surface area contributed by atoms with Crippen LogP contribution in [-0.4, -0.2) is 72.8 Å². The minimum atomic E-state index is -3.96. The van der Waals surface area contributed by atoms with E-state index >= 15 is 0 Å². The molecule has 0 amide bonds. The summed E-state index contributed by atoms with van der Waals surface area (Å²) in [6, 6.07) is 0.519. The summed E-state index contributed by atoms with van der Waals surface area (Å²) in [7, 11) is -2.56. The van der Waals surface area contributed by atoms with Gasteiger partial charge in [0.25, 0.3) is 16.4 Å². The molecule has 1 aromatic rings. The zero-order chi connectivity index (χ0) is 18.7. The third kappa shape index (κ3) is 2.78. The molecule has 0 radical (unpaired) electrons. The summed E-state index contributed by atoms with van der Waals surface area (Å²) >= 11 is 0. The largest absolute Gasteiger partial charge is 0.381 e. The number of rotatable bonds is 4. The molecule has 0 bridgehead atoms. The third-order valence-electron chi connectivity index (χ3n) is 5.82. The molecule has 0 unspecified atom stereocenters. The van der Waals surface area contributed by atoms with Gasteiger partial charge in [0.15, 0.2) is 5.03 Å². The first kappa shape index (κ1) is 18.3. The maximum absolute atomic E-state index is 13.4. The number of nitrogens with zero attached hydrogens (tertiary/aromatic N) is 4. The molecule has 0 aromatic carbocycles. The van der Waals surface area contributed by atoms with Crippen LogP contribution < -0.4 is 0 Å². The quantitative estimate of drug-likeness (QED) is 0.772. The Morgan fingerprint density at radius 3 is 2.38 bits per heavy atom. The van der Waals surface area contributed by atoms with E-state index in [1.807, 2.05) is 0 Å². The van der Waals surface area contributed by atoms with Gasteiger partial charge < -0.3 is 4.74 Å². The van der Waals surface area contributed by atoms with E-state index in [0.717, 1.165) is 43.8 Å². The van der Waals surface area contributed by atoms with E-state index in [0.29, 0.717) is 19.1 Å². The van der Waals surface area contributed by atoms with E-state index in [1.54, 1.807) is 0 Å². The Hall–Kier alpha value is -1.10. The standard InChI is InChI=1S/C16H24F2N4O3S/c1-11-13(14(17)18)15(20(2)19-11)26(23,24)22-9-16(10-22)7-21(8-16)12-3-5-25-6-4-12/h12,14H,3-10H2,1-2H3. The molecule has 10 heteroatoms. The molecule has 0 saturated carbocycles. The van der Waals surface area contributed by atoms with Crippen LogP contribution in [0.1, 0.15) is 30.5 Å². The zero-order valence-corrected chi connectivity index (χ0v) is 15.8. The zero-order valence-electron chi connectivity index (χ0n) is 15.0. The van der Waals surface area contributed by atoms with Crippen molar-refractivity contribution in [2.45, 2.75) is 37.3 Å². The highest BCUT2D eigenvalue weighted by atomic mass is 32.2. The highest BCUT2D eigenvalue weighted by molar-refractivity contribution is 7.89. The van der Waals surface area contributed by atoms with Crippen LogP contribution in [0.3, 0.4) is 0 Å². The van der Waals surface area contributed by atoms with E-state index < -0.39 is 22.0 Å². The third-order valence-corrected chi connectivity index (χ3v) is 7.74. The lowest BCUT2D eigenvalue weighted by atomic mass is 9.73. The molecule has 1 aromatic heterocycles. The minimum absolute atomic E-state index is 0.0238. The van der Waals surface area contributed by atoms with Crippen LogP contribution in [0.25, 0.3) is 0 Å². The number of hydrogen-bond acceptors (Lipinski definition) is 5. The minimum Gasteiger partial charge on any atom is -0.381 e. The smallest absolute Gasteiger partial charge is 0.268 e. The van der Waals surface area contributed by atoms with Gasteiger partial charge in [-0.3, -0.25) is 9.58 Å². The molecular formula is C16H24F2N4O3S. The Bertz CT molecular complexity index is 791. The maximum Gasteiger partial charge on any atom is 0.268 e. The van der Waals surface area contributed by atoms with E-state index in [9.17, 15) is 17.2 Å². The van der Waals surface area contributed by atoms with Crippen molar-refractivity contribution in [3.63, 3.8) is 0 Å². The Kier molecular flexibility index (Phi) is 4.37. The van der Waals surface area contributed by atoms with Gasteiger partial charge in [-0.15, -0.1) is 0 Å². The molecule has 3 aliphatic heterocycles. The van der Waals surface area contributed by atoms with E-state index in [2.05, 4.69) is 10.00 Å².